The number of hydrogen-bond donors (Lipinski definition) is 1. The predicted molar refractivity (Wildman–Crippen MR) is 109 cm³/mol. The van der Waals surface area contributed by atoms with E-state index in [0.29, 0.717) is 17.8 Å². The fraction of sp³-hybridized carbons (Fsp3) is 0.353. The summed E-state index contributed by atoms with van der Waals surface area (Å²) in [5, 5.41) is 6.30. The molecule has 1 N–H and O–H groups in total. The van der Waals surface area contributed by atoms with Gasteiger partial charge < -0.3 is 0 Å². The molecule has 0 aliphatic carbocycles. The number of nitrogens with one attached hydrogen (secondary N) is 1. The van der Waals surface area contributed by atoms with Gasteiger partial charge in [0.25, 0.3) is 0 Å². The number of sulfonamides is 2. The molecule has 0 fully saturated rings. The van der Waals surface area contributed by atoms with Gasteiger partial charge in [0, 0.05) is 17.0 Å². The number of benzene rings is 1. The van der Waals surface area contributed by atoms with Gasteiger partial charge in [-0.3, -0.25) is 4.72 Å². The van der Waals surface area contributed by atoms with Gasteiger partial charge in [-0.05, 0) is 43.0 Å². The van der Waals surface area contributed by atoms with Gasteiger partial charge in [0.1, 0.15) is 6.04 Å². The Bertz CT molecular complexity index is 1030. The SMILES string of the molecule is CCS(=O)(=O)Nc1ccc(C2=NN(S(=O)(=O)CC)[C@H](c3cccs3)C2)cc1. The lowest BCUT2D eigenvalue weighted by Crippen LogP contribution is -2.28. The molecule has 10 heteroatoms. The zero-order valence-electron chi connectivity index (χ0n) is 15.0. The summed E-state index contributed by atoms with van der Waals surface area (Å²) in [4.78, 5) is 0.943. The summed E-state index contributed by atoms with van der Waals surface area (Å²) in [6, 6.07) is 10.3. The highest BCUT2D eigenvalue weighted by Crippen LogP contribution is 2.37. The van der Waals surface area contributed by atoms with E-state index in [0.717, 1.165) is 10.4 Å². The monoisotopic (exact) mass is 427 g/mol. The van der Waals surface area contributed by atoms with Crippen LogP contribution in [0.4, 0.5) is 5.69 Å². The summed E-state index contributed by atoms with van der Waals surface area (Å²) < 4.78 is 52.0. The number of nitrogens with zero attached hydrogens (tertiary/aromatic N) is 2. The van der Waals surface area contributed by atoms with Crippen molar-refractivity contribution in [3.05, 3.63) is 52.2 Å². The molecule has 0 bridgehead atoms. The molecule has 7 nitrogen and oxygen atoms in total. The molecule has 2 heterocycles. The highest BCUT2D eigenvalue weighted by Gasteiger charge is 2.36. The third-order valence-corrected chi connectivity index (χ3v) is 8.18. The van der Waals surface area contributed by atoms with E-state index in [1.165, 1.54) is 15.8 Å². The van der Waals surface area contributed by atoms with Crippen LogP contribution in [0.2, 0.25) is 0 Å². The van der Waals surface area contributed by atoms with Gasteiger partial charge in [0.15, 0.2) is 0 Å². The molecule has 146 valence electrons. The smallest absolute Gasteiger partial charge is 0.250 e. The van der Waals surface area contributed by atoms with Crippen LogP contribution < -0.4 is 4.72 Å². The Morgan fingerprint density at radius 2 is 1.81 bits per heavy atom. The molecule has 0 amide bonds. The Balaban J connectivity index is 1.89. The molecule has 1 aliphatic heterocycles. The fourth-order valence-electron chi connectivity index (χ4n) is 2.73. The maximum atomic E-state index is 12.5. The van der Waals surface area contributed by atoms with Crippen molar-refractivity contribution in [1.29, 1.82) is 0 Å². The van der Waals surface area contributed by atoms with Gasteiger partial charge in [-0.15, -0.1) is 11.3 Å². The Labute approximate surface area is 163 Å². The Morgan fingerprint density at radius 3 is 2.37 bits per heavy atom. The van der Waals surface area contributed by atoms with Gasteiger partial charge >= 0.3 is 0 Å². The van der Waals surface area contributed by atoms with Crippen LogP contribution in [0.3, 0.4) is 0 Å². The van der Waals surface area contributed by atoms with Crippen molar-refractivity contribution in [1.82, 2.24) is 4.41 Å². The van der Waals surface area contributed by atoms with Crippen LogP contribution in [0, 0.1) is 0 Å². The average molecular weight is 428 g/mol. The zero-order chi connectivity index (χ0) is 19.7. The molecule has 1 aliphatic rings. The Kier molecular flexibility index (Phi) is 5.59. The highest BCUT2D eigenvalue weighted by atomic mass is 32.2. The summed E-state index contributed by atoms with van der Waals surface area (Å²) in [6.07, 6.45) is 0.472. The second-order valence-electron chi connectivity index (χ2n) is 6.04. The van der Waals surface area contributed by atoms with Gasteiger partial charge in [-0.2, -0.15) is 9.52 Å². The lowest BCUT2D eigenvalue weighted by molar-refractivity contribution is 0.376. The molecule has 1 aromatic carbocycles. The van der Waals surface area contributed by atoms with Gasteiger partial charge in [-0.25, -0.2) is 16.8 Å². The first-order valence-electron chi connectivity index (χ1n) is 8.49. The minimum atomic E-state index is -3.49. The first kappa shape index (κ1) is 19.8. The van der Waals surface area contributed by atoms with E-state index in [2.05, 4.69) is 9.82 Å². The molecule has 0 saturated carbocycles. The van der Waals surface area contributed by atoms with Crippen molar-refractivity contribution in [3.63, 3.8) is 0 Å². The predicted octanol–water partition coefficient (Wildman–Crippen LogP) is 3.01. The van der Waals surface area contributed by atoms with Crippen LogP contribution in [0.25, 0.3) is 0 Å². The molecule has 0 unspecified atom stereocenters. The number of hydrogen-bond acceptors (Lipinski definition) is 6. The second-order valence-corrected chi connectivity index (χ2v) is 11.1. The largest absolute Gasteiger partial charge is 0.284 e. The zero-order valence-corrected chi connectivity index (χ0v) is 17.4. The highest BCUT2D eigenvalue weighted by molar-refractivity contribution is 7.92. The average Bonchev–Trinajstić information content (AvgIpc) is 3.32. The molecule has 3 rings (SSSR count). The number of hydrazone groups is 1. The van der Waals surface area contributed by atoms with E-state index in [4.69, 9.17) is 0 Å². The molecule has 0 saturated heterocycles. The summed E-state index contributed by atoms with van der Waals surface area (Å²) >= 11 is 1.50. The van der Waals surface area contributed by atoms with Gasteiger partial charge in [-0.1, -0.05) is 18.2 Å². The van der Waals surface area contributed by atoms with Crippen LogP contribution in [0.1, 0.15) is 36.8 Å². The van der Waals surface area contributed by atoms with Gasteiger partial charge in [0.2, 0.25) is 20.0 Å². The number of thiophene rings is 1. The van der Waals surface area contributed by atoms with Crippen molar-refractivity contribution < 1.29 is 16.8 Å². The number of rotatable bonds is 7. The Hall–Kier alpha value is -1.91. The van der Waals surface area contributed by atoms with Crippen molar-refractivity contribution in [2.75, 3.05) is 16.2 Å². The third kappa shape index (κ3) is 4.33. The van der Waals surface area contributed by atoms with Crippen LogP contribution >= 0.6 is 11.3 Å². The molecule has 0 spiro atoms. The van der Waals surface area contributed by atoms with E-state index in [9.17, 15) is 16.8 Å². The van der Waals surface area contributed by atoms with Crippen molar-refractivity contribution in [2.45, 2.75) is 26.3 Å². The van der Waals surface area contributed by atoms with Gasteiger partial charge in [0.05, 0.1) is 17.2 Å². The number of anilines is 1. The molecule has 2 aromatic rings. The summed E-state index contributed by atoms with van der Waals surface area (Å²) in [7, 11) is -6.83. The first-order valence-corrected chi connectivity index (χ1v) is 12.6. The molecule has 1 atom stereocenters. The van der Waals surface area contributed by atoms with Crippen LogP contribution in [-0.2, 0) is 20.0 Å². The second kappa shape index (κ2) is 7.61. The molecule has 1 aromatic heterocycles. The molecular formula is C17H21N3O4S3. The fourth-order valence-corrected chi connectivity index (χ4v) is 5.31. The van der Waals surface area contributed by atoms with E-state index >= 15 is 0 Å². The summed E-state index contributed by atoms with van der Waals surface area (Å²) in [5.41, 5.74) is 1.90. The van der Waals surface area contributed by atoms with Crippen LogP contribution in [0.15, 0.2) is 46.9 Å². The lowest BCUT2D eigenvalue weighted by Gasteiger charge is -2.21. The molecule has 0 radical (unpaired) electrons. The molecular weight excluding hydrogens is 406 g/mol. The topological polar surface area (TPSA) is 95.9 Å². The molecule has 27 heavy (non-hydrogen) atoms. The summed E-state index contributed by atoms with van der Waals surface area (Å²) in [5.74, 6) is -0.0306. The lowest BCUT2D eigenvalue weighted by atomic mass is 10.0. The van der Waals surface area contributed by atoms with Crippen LogP contribution in [0.5, 0.6) is 0 Å². The van der Waals surface area contributed by atoms with Crippen molar-refractivity contribution in [3.8, 4) is 0 Å². The standard InChI is InChI=1S/C17H21N3O4S3/c1-3-26(21,22)19-14-9-7-13(8-10-14)15-12-16(17-6-5-11-25-17)20(18-15)27(23,24)4-2/h5-11,16,19H,3-4,12H2,1-2H3/t16-/m0/s1. The maximum absolute atomic E-state index is 12.5. The third-order valence-electron chi connectivity index (χ3n) is 4.27. The van der Waals surface area contributed by atoms with Crippen molar-refractivity contribution >= 4 is 42.8 Å². The Morgan fingerprint density at radius 1 is 1.11 bits per heavy atom. The maximum Gasteiger partial charge on any atom is 0.250 e. The minimum absolute atomic E-state index is 0.00616. The first-order chi connectivity index (χ1) is 12.8. The van der Waals surface area contributed by atoms with E-state index in [-0.39, 0.29) is 17.5 Å². The van der Waals surface area contributed by atoms with Crippen LogP contribution in [-0.4, -0.2) is 38.5 Å². The summed E-state index contributed by atoms with van der Waals surface area (Å²) in [6.45, 7) is 3.17. The minimum Gasteiger partial charge on any atom is -0.284 e. The van der Waals surface area contributed by atoms with E-state index in [1.54, 1.807) is 38.1 Å². The van der Waals surface area contributed by atoms with E-state index in [1.807, 2.05) is 17.5 Å². The van der Waals surface area contributed by atoms with Crippen molar-refractivity contribution in [2.24, 2.45) is 5.10 Å². The van der Waals surface area contributed by atoms with E-state index < -0.39 is 20.0 Å². The quantitative estimate of drug-likeness (QED) is 0.735. The normalized spacial score (nSPS) is 17.8.